The van der Waals surface area contributed by atoms with E-state index in [0.717, 1.165) is 37.7 Å². The summed E-state index contributed by atoms with van der Waals surface area (Å²) in [4.78, 5) is 38.9. The molecule has 178 valence electrons. The van der Waals surface area contributed by atoms with Crippen molar-refractivity contribution in [3.05, 3.63) is 63.7 Å². The Morgan fingerprint density at radius 3 is 2.12 bits per heavy atom. The van der Waals surface area contributed by atoms with E-state index in [0.29, 0.717) is 17.5 Å². The Balaban J connectivity index is 2.57. The molecule has 2 rings (SSSR count). The molecule has 0 spiro atoms. The van der Waals surface area contributed by atoms with Crippen LogP contribution in [-0.2, 0) is 15.9 Å². The van der Waals surface area contributed by atoms with Crippen LogP contribution in [0.4, 0.5) is 0 Å². The summed E-state index contributed by atoms with van der Waals surface area (Å²) in [7, 11) is 1.17. The minimum Gasteiger partial charge on any atom is -0.507 e. The molecule has 33 heavy (non-hydrogen) atoms. The van der Waals surface area contributed by atoms with Gasteiger partial charge in [0.1, 0.15) is 11.3 Å². The lowest BCUT2D eigenvalue weighted by Crippen LogP contribution is -2.20. The highest BCUT2D eigenvalue weighted by molar-refractivity contribution is 6.18. The molecule has 2 aromatic carbocycles. The quantitative estimate of drug-likeness (QED) is 0.248. The van der Waals surface area contributed by atoms with Crippen LogP contribution in [0.1, 0.15) is 100 Å². The van der Waals surface area contributed by atoms with Crippen LogP contribution in [0, 0.1) is 6.92 Å². The second-order valence-corrected chi connectivity index (χ2v) is 8.11. The Kier molecular flexibility index (Phi) is 10.1. The summed E-state index contributed by atoms with van der Waals surface area (Å²) in [6, 6.07) is 8.46. The van der Waals surface area contributed by atoms with Crippen LogP contribution in [0.15, 0.2) is 30.3 Å². The molecule has 0 radical (unpaired) electrons. The molecule has 0 atom stereocenters. The van der Waals surface area contributed by atoms with Gasteiger partial charge < -0.3 is 14.6 Å². The van der Waals surface area contributed by atoms with E-state index in [4.69, 9.17) is 9.47 Å². The maximum Gasteiger partial charge on any atom is 0.342 e. The van der Waals surface area contributed by atoms with Gasteiger partial charge in [-0.3, -0.25) is 4.79 Å². The molecular weight excluding hydrogens is 420 g/mol. The van der Waals surface area contributed by atoms with Crippen LogP contribution < -0.4 is 0 Å². The molecule has 0 aromatic heterocycles. The number of aryl methyl sites for hydroxylation is 2. The van der Waals surface area contributed by atoms with Gasteiger partial charge >= 0.3 is 11.9 Å². The monoisotopic (exact) mass is 454 g/mol. The van der Waals surface area contributed by atoms with E-state index >= 15 is 0 Å². The number of benzene rings is 2. The van der Waals surface area contributed by atoms with Crippen molar-refractivity contribution in [1.29, 1.82) is 0 Å². The van der Waals surface area contributed by atoms with Crippen molar-refractivity contribution < 1.29 is 29.0 Å². The number of carbonyl (C=O) groups is 3. The zero-order valence-electron chi connectivity index (χ0n) is 20.0. The summed E-state index contributed by atoms with van der Waals surface area (Å²) in [5.74, 6) is -2.50. The van der Waals surface area contributed by atoms with E-state index in [-0.39, 0.29) is 29.0 Å². The summed E-state index contributed by atoms with van der Waals surface area (Å²) < 4.78 is 9.98. The van der Waals surface area contributed by atoms with E-state index in [1.165, 1.54) is 19.6 Å². The summed E-state index contributed by atoms with van der Waals surface area (Å²) in [6.45, 7) is 5.75. The third-order valence-electron chi connectivity index (χ3n) is 5.61. The van der Waals surface area contributed by atoms with Crippen molar-refractivity contribution >= 4 is 17.7 Å². The second-order valence-electron chi connectivity index (χ2n) is 8.11. The summed E-state index contributed by atoms with van der Waals surface area (Å²) in [5, 5.41) is 10.9. The number of aromatic hydroxyl groups is 1. The second kappa shape index (κ2) is 12.8. The summed E-state index contributed by atoms with van der Waals surface area (Å²) in [6.07, 6.45) is 6.79. The van der Waals surface area contributed by atoms with Crippen molar-refractivity contribution in [3.8, 4) is 5.75 Å². The lowest BCUT2D eigenvalue weighted by molar-refractivity contribution is 0.0499. The molecule has 0 heterocycles. The number of ketones is 1. The van der Waals surface area contributed by atoms with Gasteiger partial charge in [-0.1, -0.05) is 68.9 Å². The molecule has 0 bridgehead atoms. The van der Waals surface area contributed by atoms with Crippen LogP contribution in [0.2, 0.25) is 0 Å². The van der Waals surface area contributed by atoms with Crippen LogP contribution in [0.5, 0.6) is 5.75 Å². The van der Waals surface area contributed by atoms with Crippen molar-refractivity contribution in [3.63, 3.8) is 0 Å². The first kappa shape index (κ1) is 26.1. The SMILES string of the molecule is CCCCCCCCc1cc(C(=O)c2ccc(C)cc2)c(C(=O)OCC)c(C(=O)OC)c1O. The van der Waals surface area contributed by atoms with Gasteiger partial charge in [0, 0.05) is 11.1 Å². The van der Waals surface area contributed by atoms with E-state index in [2.05, 4.69) is 6.92 Å². The largest absolute Gasteiger partial charge is 0.507 e. The Hall–Kier alpha value is -3.15. The van der Waals surface area contributed by atoms with Gasteiger partial charge in [0.2, 0.25) is 0 Å². The molecule has 0 aliphatic rings. The molecule has 1 N–H and O–H groups in total. The summed E-state index contributed by atoms with van der Waals surface area (Å²) >= 11 is 0. The predicted molar refractivity (Wildman–Crippen MR) is 127 cm³/mol. The zero-order chi connectivity index (χ0) is 24.4. The molecule has 6 heteroatoms. The van der Waals surface area contributed by atoms with E-state index in [9.17, 15) is 19.5 Å². The number of hydrogen-bond donors (Lipinski definition) is 1. The highest BCUT2D eigenvalue weighted by Crippen LogP contribution is 2.33. The third kappa shape index (κ3) is 6.67. The average Bonchev–Trinajstić information content (AvgIpc) is 2.81. The number of hydrogen-bond acceptors (Lipinski definition) is 6. The minimum atomic E-state index is -0.890. The lowest BCUT2D eigenvalue weighted by Gasteiger charge is -2.17. The Labute approximate surface area is 195 Å². The van der Waals surface area contributed by atoms with Gasteiger partial charge in [0.05, 0.1) is 19.3 Å². The minimum absolute atomic E-state index is 0.0245. The zero-order valence-corrected chi connectivity index (χ0v) is 20.0. The Morgan fingerprint density at radius 2 is 1.52 bits per heavy atom. The van der Waals surface area contributed by atoms with Gasteiger partial charge in [-0.25, -0.2) is 9.59 Å². The van der Waals surface area contributed by atoms with Crippen LogP contribution in [-0.4, -0.2) is 36.5 Å². The Bertz CT molecular complexity index is 975. The van der Waals surface area contributed by atoms with E-state index in [1.54, 1.807) is 31.2 Å². The van der Waals surface area contributed by atoms with Crippen molar-refractivity contribution in [1.82, 2.24) is 0 Å². The number of esters is 2. The van der Waals surface area contributed by atoms with Gasteiger partial charge in [0.15, 0.2) is 5.78 Å². The van der Waals surface area contributed by atoms with Crippen LogP contribution >= 0.6 is 0 Å². The maximum atomic E-state index is 13.4. The molecule has 0 aliphatic heterocycles. The molecule has 0 fully saturated rings. The van der Waals surface area contributed by atoms with Crippen molar-refractivity contribution in [2.75, 3.05) is 13.7 Å². The molecular formula is C27H34O6. The fraction of sp³-hybridized carbons (Fsp3) is 0.444. The molecule has 0 amide bonds. The smallest absolute Gasteiger partial charge is 0.342 e. The van der Waals surface area contributed by atoms with Crippen molar-refractivity contribution in [2.24, 2.45) is 0 Å². The molecule has 0 aliphatic carbocycles. The fourth-order valence-corrected chi connectivity index (χ4v) is 3.77. The number of ether oxygens (including phenoxy) is 2. The van der Waals surface area contributed by atoms with Crippen LogP contribution in [0.25, 0.3) is 0 Å². The molecule has 2 aromatic rings. The van der Waals surface area contributed by atoms with Gasteiger partial charge in [-0.2, -0.15) is 0 Å². The number of unbranched alkanes of at least 4 members (excludes halogenated alkanes) is 5. The topological polar surface area (TPSA) is 89.9 Å². The standard InChI is InChI=1S/C27H34O6/c1-5-7-8-9-10-11-12-20-17-21(24(28)19-15-13-18(3)14-16-19)22(27(31)33-6-2)23(25(20)29)26(30)32-4/h13-17,29H,5-12H2,1-4H3. The molecule has 0 saturated carbocycles. The summed E-state index contributed by atoms with van der Waals surface area (Å²) in [5.41, 5.74) is 1.24. The first-order valence-electron chi connectivity index (χ1n) is 11.6. The first-order chi connectivity index (χ1) is 15.8. The predicted octanol–water partition coefficient (Wildman–Crippen LogP) is 5.80. The van der Waals surface area contributed by atoms with Gasteiger partial charge in [-0.05, 0) is 38.3 Å². The number of phenols is 1. The molecule has 6 nitrogen and oxygen atoms in total. The fourth-order valence-electron chi connectivity index (χ4n) is 3.77. The molecule has 0 unspecified atom stereocenters. The lowest BCUT2D eigenvalue weighted by atomic mass is 9.89. The van der Waals surface area contributed by atoms with Crippen molar-refractivity contribution in [2.45, 2.75) is 65.7 Å². The van der Waals surface area contributed by atoms with Crippen LogP contribution in [0.3, 0.4) is 0 Å². The molecule has 0 saturated heterocycles. The maximum absolute atomic E-state index is 13.4. The first-order valence-corrected chi connectivity index (χ1v) is 11.6. The van der Waals surface area contributed by atoms with E-state index < -0.39 is 17.7 Å². The number of rotatable bonds is 12. The normalized spacial score (nSPS) is 10.7. The third-order valence-corrected chi connectivity index (χ3v) is 5.61. The van der Waals surface area contributed by atoms with Gasteiger partial charge in [-0.15, -0.1) is 0 Å². The average molecular weight is 455 g/mol. The number of carbonyl (C=O) groups excluding carboxylic acids is 3. The van der Waals surface area contributed by atoms with E-state index in [1.807, 2.05) is 6.92 Å². The van der Waals surface area contributed by atoms with Gasteiger partial charge in [0.25, 0.3) is 0 Å². The highest BCUT2D eigenvalue weighted by atomic mass is 16.5. The number of phenolic OH excluding ortho intramolecular Hbond substituents is 1. The number of methoxy groups -OCH3 is 1. The Morgan fingerprint density at radius 1 is 0.879 bits per heavy atom. The highest BCUT2D eigenvalue weighted by Gasteiger charge is 2.31.